The van der Waals surface area contributed by atoms with Crippen LogP contribution in [0.5, 0.6) is 0 Å². The molecular weight excluding hydrogens is 477 g/mol. The van der Waals surface area contributed by atoms with Crippen LogP contribution in [0.25, 0.3) is 0 Å². The Morgan fingerprint density at radius 2 is 1.76 bits per heavy atom. The van der Waals surface area contributed by atoms with Gasteiger partial charge in [-0.15, -0.1) is 24.0 Å². The Balaban J connectivity index is 0.00000300. The van der Waals surface area contributed by atoms with Gasteiger partial charge in [0.15, 0.2) is 5.96 Å². The summed E-state index contributed by atoms with van der Waals surface area (Å²) in [4.78, 5) is 20.0. The molecule has 2 heterocycles. The molecule has 29 heavy (non-hydrogen) atoms. The highest BCUT2D eigenvalue weighted by Gasteiger charge is 2.18. The summed E-state index contributed by atoms with van der Waals surface area (Å²) in [7, 11) is 3.92. The molecule has 1 N–H and O–H groups in total. The van der Waals surface area contributed by atoms with E-state index in [0.717, 1.165) is 64.1 Å². The van der Waals surface area contributed by atoms with E-state index in [2.05, 4.69) is 66.3 Å². The SMILES string of the molecule is CN=C(NCCCN1CCN(c2ncccn2)CC1)N(C)Cc1ccccc1.I. The monoisotopic (exact) mass is 509 g/mol. The molecule has 0 spiro atoms. The van der Waals surface area contributed by atoms with Gasteiger partial charge < -0.3 is 15.1 Å². The summed E-state index contributed by atoms with van der Waals surface area (Å²) in [5, 5.41) is 3.48. The van der Waals surface area contributed by atoms with Crippen molar-refractivity contribution in [3.63, 3.8) is 0 Å². The molecule has 1 aliphatic heterocycles. The minimum absolute atomic E-state index is 0. The molecule has 1 aromatic heterocycles. The number of aliphatic imine (C=N–C) groups is 1. The van der Waals surface area contributed by atoms with Crippen molar-refractivity contribution < 1.29 is 0 Å². The summed E-state index contributed by atoms with van der Waals surface area (Å²) in [6.07, 6.45) is 4.71. The number of hydrogen-bond donors (Lipinski definition) is 1. The number of nitrogens with one attached hydrogen (secondary N) is 1. The average molecular weight is 509 g/mol. The molecule has 0 unspecified atom stereocenters. The largest absolute Gasteiger partial charge is 0.356 e. The summed E-state index contributed by atoms with van der Waals surface area (Å²) < 4.78 is 0. The third-order valence-electron chi connectivity index (χ3n) is 4.98. The van der Waals surface area contributed by atoms with Crippen molar-refractivity contribution >= 4 is 35.9 Å². The van der Waals surface area contributed by atoms with Gasteiger partial charge >= 0.3 is 0 Å². The van der Waals surface area contributed by atoms with Crippen LogP contribution in [0.1, 0.15) is 12.0 Å². The molecule has 1 aliphatic rings. The smallest absolute Gasteiger partial charge is 0.225 e. The van der Waals surface area contributed by atoms with Gasteiger partial charge in [0.05, 0.1) is 0 Å². The highest BCUT2D eigenvalue weighted by molar-refractivity contribution is 14.0. The van der Waals surface area contributed by atoms with Crippen molar-refractivity contribution in [2.75, 3.05) is 58.3 Å². The van der Waals surface area contributed by atoms with E-state index in [1.807, 2.05) is 31.6 Å². The molecule has 0 radical (unpaired) electrons. The van der Waals surface area contributed by atoms with Crippen LogP contribution in [0.3, 0.4) is 0 Å². The normalized spacial score (nSPS) is 15.0. The van der Waals surface area contributed by atoms with Gasteiger partial charge in [0.1, 0.15) is 0 Å². The first-order valence-corrected chi connectivity index (χ1v) is 9.96. The zero-order valence-electron chi connectivity index (χ0n) is 17.4. The molecular formula is C21H32IN7. The van der Waals surface area contributed by atoms with E-state index in [1.165, 1.54) is 5.56 Å². The molecule has 1 aromatic carbocycles. The predicted octanol–water partition coefficient (Wildman–Crippen LogP) is 2.31. The van der Waals surface area contributed by atoms with Gasteiger partial charge in [-0.3, -0.25) is 9.89 Å². The number of anilines is 1. The van der Waals surface area contributed by atoms with Gasteiger partial charge in [0.2, 0.25) is 5.95 Å². The fourth-order valence-electron chi connectivity index (χ4n) is 3.45. The number of piperazine rings is 1. The van der Waals surface area contributed by atoms with Gasteiger partial charge in [-0.1, -0.05) is 30.3 Å². The van der Waals surface area contributed by atoms with Crippen molar-refractivity contribution in [3.05, 3.63) is 54.4 Å². The van der Waals surface area contributed by atoms with E-state index in [4.69, 9.17) is 0 Å². The van der Waals surface area contributed by atoms with Crippen LogP contribution >= 0.6 is 24.0 Å². The van der Waals surface area contributed by atoms with Crippen LogP contribution in [0.15, 0.2) is 53.8 Å². The highest BCUT2D eigenvalue weighted by Crippen LogP contribution is 2.09. The highest BCUT2D eigenvalue weighted by atomic mass is 127. The second kappa shape index (κ2) is 12.6. The maximum absolute atomic E-state index is 4.41. The van der Waals surface area contributed by atoms with Crippen LogP contribution in [0.2, 0.25) is 0 Å². The molecule has 0 aliphatic carbocycles. The van der Waals surface area contributed by atoms with Crippen molar-refractivity contribution in [3.8, 4) is 0 Å². The first kappa shape index (κ1) is 23.3. The van der Waals surface area contributed by atoms with E-state index in [1.54, 1.807) is 0 Å². The molecule has 8 heteroatoms. The Hall–Kier alpha value is -1.94. The number of nitrogens with zero attached hydrogens (tertiary/aromatic N) is 6. The molecule has 1 saturated heterocycles. The maximum Gasteiger partial charge on any atom is 0.225 e. The molecule has 3 rings (SSSR count). The van der Waals surface area contributed by atoms with E-state index >= 15 is 0 Å². The Bertz CT molecular complexity index is 718. The quantitative estimate of drug-likeness (QED) is 0.268. The summed E-state index contributed by atoms with van der Waals surface area (Å²) in [5.74, 6) is 1.78. The molecule has 0 saturated carbocycles. The minimum atomic E-state index is 0. The van der Waals surface area contributed by atoms with Crippen molar-refractivity contribution in [1.29, 1.82) is 0 Å². The zero-order valence-corrected chi connectivity index (χ0v) is 19.7. The van der Waals surface area contributed by atoms with Gasteiger partial charge in [-0.05, 0) is 24.6 Å². The molecule has 0 amide bonds. The van der Waals surface area contributed by atoms with E-state index in [-0.39, 0.29) is 24.0 Å². The zero-order chi connectivity index (χ0) is 19.6. The van der Waals surface area contributed by atoms with Crippen LogP contribution in [-0.2, 0) is 6.54 Å². The minimum Gasteiger partial charge on any atom is -0.356 e. The molecule has 2 aromatic rings. The number of guanidine groups is 1. The lowest BCUT2D eigenvalue weighted by Gasteiger charge is -2.34. The average Bonchev–Trinajstić information content (AvgIpc) is 2.75. The Kier molecular flexibility index (Phi) is 10.1. The fourth-order valence-corrected chi connectivity index (χ4v) is 3.45. The summed E-state index contributed by atoms with van der Waals surface area (Å²) in [6.45, 7) is 6.95. The summed E-state index contributed by atoms with van der Waals surface area (Å²) in [6, 6.07) is 12.3. The van der Waals surface area contributed by atoms with Crippen LogP contribution in [-0.4, -0.2) is 79.1 Å². The number of halogens is 1. The lowest BCUT2D eigenvalue weighted by molar-refractivity contribution is 0.254. The first-order valence-electron chi connectivity index (χ1n) is 9.96. The molecule has 7 nitrogen and oxygen atoms in total. The summed E-state index contributed by atoms with van der Waals surface area (Å²) in [5.41, 5.74) is 1.29. The standard InChI is InChI=1S/C21H31N7.HI/c1-22-20(26(2)18-19-8-4-3-5-9-19)23-12-7-13-27-14-16-28(17-15-27)21-24-10-6-11-25-21;/h3-6,8-11H,7,12-18H2,1-2H3,(H,22,23);1H. The topological polar surface area (TPSA) is 59.9 Å². The van der Waals surface area contributed by atoms with E-state index in [0.29, 0.717) is 0 Å². The second-order valence-corrected chi connectivity index (χ2v) is 7.05. The van der Waals surface area contributed by atoms with Crippen molar-refractivity contribution in [1.82, 2.24) is 25.1 Å². The Labute approximate surface area is 191 Å². The predicted molar refractivity (Wildman–Crippen MR) is 130 cm³/mol. The first-order chi connectivity index (χ1) is 13.8. The molecule has 1 fully saturated rings. The Morgan fingerprint density at radius 1 is 1.07 bits per heavy atom. The van der Waals surface area contributed by atoms with Gasteiger partial charge in [-0.2, -0.15) is 0 Å². The summed E-state index contributed by atoms with van der Waals surface area (Å²) >= 11 is 0. The molecule has 158 valence electrons. The second-order valence-electron chi connectivity index (χ2n) is 7.05. The van der Waals surface area contributed by atoms with Gasteiger partial charge in [-0.25, -0.2) is 9.97 Å². The van der Waals surface area contributed by atoms with Crippen molar-refractivity contribution in [2.45, 2.75) is 13.0 Å². The lowest BCUT2D eigenvalue weighted by Crippen LogP contribution is -2.47. The number of benzene rings is 1. The van der Waals surface area contributed by atoms with E-state index in [9.17, 15) is 0 Å². The Morgan fingerprint density at radius 3 is 2.41 bits per heavy atom. The lowest BCUT2D eigenvalue weighted by atomic mass is 10.2. The van der Waals surface area contributed by atoms with Crippen LogP contribution < -0.4 is 10.2 Å². The van der Waals surface area contributed by atoms with Gasteiger partial charge in [0.25, 0.3) is 0 Å². The molecule has 0 bridgehead atoms. The van der Waals surface area contributed by atoms with Gasteiger partial charge in [0, 0.05) is 65.8 Å². The van der Waals surface area contributed by atoms with E-state index < -0.39 is 0 Å². The number of hydrogen-bond acceptors (Lipinski definition) is 5. The third-order valence-corrected chi connectivity index (χ3v) is 4.98. The number of aromatic nitrogens is 2. The maximum atomic E-state index is 4.41. The third kappa shape index (κ3) is 7.43. The van der Waals surface area contributed by atoms with Crippen LogP contribution in [0, 0.1) is 0 Å². The molecule has 0 atom stereocenters. The van der Waals surface area contributed by atoms with Crippen molar-refractivity contribution in [2.24, 2.45) is 4.99 Å². The van der Waals surface area contributed by atoms with Crippen LogP contribution in [0.4, 0.5) is 5.95 Å². The number of rotatable bonds is 7. The fraction of sp³-hybridized carbons (Fsp3) is 0.476.